The number of hydrazine groups is 1. The fraction of sp³-hybridized carbons (Fsp3) is 0.160. The highest BCUT2D eigenvalue weighted by Gasteiger charge is 2.27. The predicted octanol–water partition coefficient (Wildman–Crippen LogP) is 3.89. The molecule has 0 aliphatic heterocycles. The first-order valence-electron chi connectivity index (χ1n) is 10.9. The van der Waals surface area contributed by atoms with E-state index < -0.39 is 23.4 Å². The number of hydrogen-bond acceptors (Lipinski definition) is 5. The highest BCUT2D eigenvalue weighted by atomic mass is 19.2. The van der Waals surface area contributed by atoms with Gasteiger partial charge in [-0.3, -0.25) is 20.4 Å². The SMILES string of the molecule is O=C(NNC(=O)c1nn(-c2ccc(F)c(F)c2)c2c1CCC2)c1ccc(COc2ccccc2)o1. The van der Waals surface area contributed by atoms with Crippen LogP contribution in [0.1, 0.15) is 44.5 Å². The largest absolute Gasteiger partial charge is 0.486 e. The van der Waals surface area contributed by atoms with Crippen LogP contribution in [0.5, 0.6) is 5.75 Å². The van der Waals surface area contributed by atoms with Crippen LogP contribution in [0, 0.1) is 11.6 Å². The Balaban J connectivity index is 1.24. The summed E-state index contributed by atoms with van der Waals surface area (Å²) >= 11 is 0. The molecular formula is C25H20F2N4O4. The lowest BCUT2D eigenvalue weighted by Crippen LogP contribution is -2.42. The molecule has 0 atom stereocenters. The summed E-state index contributed by atoms with van der Waals surface area (Å²) < 4.78 is 39.6. The van der Waals surface area contributed by atoms with Crippen molar-refractivity contribution in [2.75, 3.05) is 0 Å². The van der Waals surface area contributed by atoms with Crippen molar-refractivity contribution < 1.29 is 27.5 Å². The zero-order valence-electron chi connectivity index (χ0n) is 18.4. The van der Waals surface area contributed by atoms with Gasteiger partial charge in [0.2, 0.25) is 0 Å². The zero-order valence-corrected chi connectivity index (χ0v) is 18.4. The number of carbonyl (C=O) groups is 2. The number of fused-ring (bicyclic) bond motifs is 1. The van der Waals surface area contributed by atoms with E-state index in [2.05, 4.69) is 16.0 Å². The van der Waals surface area contributed by atoms with E-state index in [1.54, 1.807) is 18.2 Å². The monoisotopic (exact) mass is 478 g/mol. The number of benzene rings is 2. The Morgan fingerprint density at radius 2 is 1.77 bits per heavy atom. The van der Waals surface area contributed by atoms with Crippen molar-refractivity contribution in [1.29, 1.82) is 0 Å². The molecule has 2 amide bonds. The minimum atomic E-state index is -1.00. The number of aromatic nitrogens is 2. The summed E-state index contributed by atoms with van der Waals surface area (Å²) in [7, 11) is 0. The van der Waals surface area contributed by atoms with Crippen molar-refractivity contribution in [2.45, 2.75) is 25.9 Å². The fourth-order valence-electron chi connectivity index (χ4n) is 3.93. The lowest BCUT2D eigenvalue weighted by atomic mass is 10.2. The van der Waals surface area contributed by atoms with Crippen molar-refractivity contribution in [3.05, 3.63) is 101 Å². The summed E-state index contributed by atoms with van der Waals surface area (Å²) in [6.45, 7) is 0.136. The Morgan fingerprint density at radius 3 is 2.57 bits per heavy atom. The van der Waals surface area contributed by atoms with Crippen LogP contribution in [0.25, 0.3) is 5.69 Å². The Labute approximate surface area is 198 Å². The van der Waals surface area contributed by atoms with Crippen molar-refractivity contribution in [1.82, 2.24) is 20.6 Å². The first-order valence-corrected chi connectivity index (χ1v) is 10.9. The van der Waals surface area contributed by atoms with Gasteiger partial charge in [0, 0.05) is 17.3 Å². The average Bonchev–Trinajstić information content (AvgIpc) is 3.60. The third-order valence-corrected chi connectivity index (χ3v) is 5.59. The highest BCUT2D eigenvalue weighted by Crippen LogP contribution is 2.28. The molecule has 0 unspecified atom stereocenters. The average molecular weight is 478 g/mol. The number of furan rings is 1. The molecule has 2 heterocycles. The van der Waals surface area contributed by atoms with Gasteiger partial charge in [-0.25, -0.2) is 13.5 Å². The molecule has 5 rings (SSSR count). The highest BCUT2D eigenvalue weighted by molar-refractivity contribution is 5.98. The van der Waals surface area contributed by atoms with Gasteiger partial charge in [0.15, 0.2) is 23.1 Å². The molecule has 10 heteroatoms. The quantitative estimate of drug-likeness (QED) is 0.410. The summed E-state index contributed by atoms with van der Waals surface area (Å²) in [5, 5.41) is 4.30. The number of nitrogens with one attached hydrogen (secondary N) is 2. The Bertz CT molecular complexity index is 1400. The number of ether oxygens (including phenoxy) is 1. The van der Waals surface area contributed by atoms with E-state index >= 15 is 0 Å². The van der Waals surface area contributed by atoms with Gasteiger partial charge in [-0.15, -0.1) is 0 Å². The molecule has 0 saturated carbocycles. The smallest absolute Gasteiger partial charge is 0.305 e. The molecule has 2 aromatic heterocycles. The van der Waals surface area contributed by atoms with E-state index in [9.17, 15) is 18.4 Å². The third kappa shape index (κ3) is 4.63. The van der Waals surface area contributed by atoms with Crippen molar-refractivity contribution in [3.63, 3.8) is 0 Å². The lowest BCUT2D eigenvalue weighted by Gasteiger charge is -2.06. The second-order valence-corrected chi connectivity index (χ2v) is 7.91. The molecule has 8 nitrogen and oxygen atoms in total. The molecule has 0 spiro atoms. The summed E-state index contributed by atoms with van der Waals surface area (Å²) in [5.74, 6) is -2.15. The molecule has 0 bridgehead atoms. The number of amides is 2. The van der Waals surface area contributed by atoms with Crippen LogP contribution in [0.4, 0.5) is 8.78 Å². The number of nitrogens with zero attached hydrogens (tertiary/aromatic N) is 2. The molecule has 178 valence electrons. The summed E-state index contributed by atoms with van der Waals surface area (Å²) in [6.07, 6.45) is 2.05. The van der Waals surface area contributed by atoms with Crippen LogP contribution < -0.4 is 15.6 Å². The van der Waals surface area contributed by atoms with Crippen LogP contribution in [0.3, 0.4) is 0 Å². The van der Waals surface area contributed by atoms with Gasteiger partial charge in [0.1, 0.15) is 18.1 Å². The summed E-state index contributed by atoms with van der Waals surface area (Å²) in [4.78, 5) is 25.2. The van der Waals surface area contributed by atoms with Gasteiger partial charge in [-0.05, 0) is 55.7 Å². The van der Waals surface area contributed by atoms with Crippen molar-refractivity contribution in [3.8, 4) is 11.4 Å². The van der Waals surface area contributed by atoms with Gasteiger partial charge in [-0.1, -0.05) is 18.2 Å². The van der Waals surface area contributed by atoms with Gasteiger partial charge < -0.3 is 9.15 Å². The number of carbonyl (C=O) groups excluding carboxylic acids is 2. The van der Waals surface area contributed by atoms with Gasteiger partial charge >= 0.3 is 5.91 Å². The first-order chi connectivity index (χ1) is 17.0. The number of hydrogen-bond donors (Lipinski definition) is 2. The molecule has 0 saturated heterocycles. The van der Waals surface area contributed by atoms with E-state index in [4.69, 9.17) is 9.15 Å². The Hall–Kier alpha value is -4.47. The standard InChI is InChI=1S/C25H20F2N4O4/c26-19-11-9-15(13-20(19)27)31-21-8-4-7-18(21)23(30-31)25(33)29-28-24(32)22-12-10-17(35-22)14-34-16-5-2-1-3-6-16/h1-3,5-6,9-13H,4,7-8,14H2,(H,28,32)(H,29,33). The molecule has 35 heavy (non-hydrogen) atoms. The van der Waals surface area contributed by atoms with E-state index in [-0.39, 0.29) is 18.1 Å². The maximum Gasteiger partial charge on any atom is 0.305 e. The van der Waals surface area contributed by atoms with Gasteiger partial charge in [0.05, 0.1) is 5.69 Å². The van der Waals surface area contributed by atoms with Crippen LogP contribution in [-0.4, -0.2) is 21.6 Å². The molecular weight excluding hydrogens is 458 g/mol. The summed E-state index contributed by atoms with van der Waals surface area (Å²) in [5.41, 5.74) is 6.53. The molecule has 1 aliphatic carbocycles. The van der Waals surface area contributed by atoms with Crippen LogP contribution >= 0.6 is 0 Å². The molecule has 1 aliphatic rings. The van der Waals surface area contributed by atoms with Crippen LogP contribution in [0.2, 0.25) is 0 Å². The number of rotatable bonds is 6. The lowest BCUT2D eigenvalue weighted by molar-refractivity contribution is 0.0825. The van der Waals surface area contributed by atoms with E-state index in [0.29, 0.717) is 35.6 Å². The normalized spacial score (nSPS) is 12.3. The zero-order chi connectivity index (χ0) is 24.4. The molecule has 2 N–H and O–H groups in total. The van der Waals surface area contributed by atoms with E-state index in [0.717, 1.165) is 24.2 Å². The molecule has 0 radical (unpaired) electrons. The van der Waals surface area contributed by atoms with Crippen LogP contribution in [0.15, 0.2) is 65.1 Å². The van der Waals surface area contributed by atoms with Crippen molar-refractivity contribution >= 4 is 11.8 Å². The Kier molecular flexibility index (Phi) is 6.01. The maximum absolute atomic E-state index is 13.7. The predicted molar refractivity (Wildman–Crippen MR) is 120 cm³/mol. The second-order valence-electron chi connectivity index (χ2n) is 7.91. The molecule has 0 fully saturated rings. The maximum atomic E-state index is 13.7. The van der Waals surface area contributed by atoms with E-state index in [1.807, 2.05) is 18.2 Å². The third-order valence-electron chi connectivity index (χ3n) is 5.59. The fourth-order valence-corrected chi connectivity index (χ4v) is 3.93. The second kappa shape index (κ2) is 9.41. The first kappa shape index (κ1) is 22.3. The minimum Gasteiger partial charge on any atom is -0.486 e. The van der Waals surface area contributed by atoms with Crippen molar-refractivity contribution in [2.24, 2.45) is 0 Å². The number of halogens is 2. The van der Waals surface area contributed by atoms with Gasteiger partial charge in [0.25, 0.3) is 5.91 Å². The summed E-state index contributed by atoms with van der Waals surface area (Å²) in [6, 6.07) is 15.7. The van der Waals surface area contributed by atoms with Crippen LogP contribution in [-0.2, 0) is 19.4 Å². The van der Waals surface area contributed by atoms with Gasteiger partial charge in [-0.2, -0.15) is 5.10 Å². The number of para-hydroxylation sites is 1. The minimum absolute atomic E-state index is 0.00509. The molecule has 4 aromatic rings. The Morgan fingerprint density at radius 1 is 0.971 bits per heavy atom. The topological polar surface area (TPSA) is 98.4 Å². The molecule has 2 aromatic carbocycles. The van der Waals surface area contributed by atoms with E-state index in [1.165, 1.54) is 16.8 Å².